The highest BCUT2D eigenvalue weighted by Gasteiger charge is 2.36. The molecule has 0 bridgehead atoms. The average molecular weight is 704 g/mol. The summed E-state index contributed by atoms with van der Waals surface area (Å²) < 4.78 is 7.23. The maximum absolute atomic E-state index is 7.23. The van der Waals surface area contributed by atoms with Crippen molar-refractivity contribution in [3.05, 3.63) is 199 Å². The minimum atomic E-state index is -0.148. The molecule has 55 heavy (non-hydrogen) atoms. The van der Waals surface area contributed by atoms with Crippen LogP contribution in [0.4, 0.5) is 17.1 Å². The Bertz CT molecular complexity index is 3120. The Morgan fingerprint density at radius 2 is 1.00 bits per heavy atom. The van der Waals surface area contributed by atoms with Gasteiger partial charge in [0.25, 0.3) is 0 Å². The third-order valence-corrected chi connectivity index (χ3v) is 11.8. The van der Waals surface area contributed by atoms with E-state index in [-0.39, 0.29) is 5.41 Å². The lowest BCUT2D eigenvalue weighted by atomic mass is 9.82. The second-order valence-corrected chi connectivity index (χ2v) is 15.3. The molecular formula is C53H37NO. The van der Waals surface area contributed by atoms with E-state index in [1.807, 2.05) is 0 Å². The molecule has 10 aromatic rings. The van der Waals surface area contributed by atoms with Gasteiger partial charge in [-0.15, -0.1) is 0 Å². The highest BCUT2D eigenvalue weighted by molar-refractivity contribution is 6.21. The summed E-state index contributed by atoms with van der Waals surface area (Å²) in [6, 6.07) is 68.4. The first-order valence-corrected chi connectivity index (χ1v) is 19.1. The molecule has 0 spiro atoms. The van der Waals surface area contributed by atoms with E-state index in [9.17, 15) is 0 Å². The number of rotatable bonds is 5. The molecule has 9 aromatic carbocycles. The zero-order chi connectivity index (χ0) is 36.7. The maximum Gasteiger partial charge on any atom is 0.159 e. The Morgan fingerprint density at radius 3 is 1.82 bits per heavy atom. The van der Waals surface area contributed by atoms with Crippen molar-refractivity contribution < 1.29 is 4.42 Å². The van der Waals surface area contributed by atoms with Crippen LogP contribution in [0.2, 0.25) is 0 Å². The molecule has 0 fully saturated rings. The van der Waals surface area contributed by atoms with Crippen LogP contribution < -0.4 is 4.90 Å². The van der Waals surface area contributed by atoms with Gasteiger partial charge in [-0.05, 0) is 103 Å². The first kappa shape index (κ1) is 31.6. The van der Waals surface area contributed by atoms with Gasteiger partial charge in [0.2, 0.25) is 0 Å². The van der Waals surface area contributed by atoms with E-state index in [1.165, 1.54) is 49.5 Å². The van der Waals surface area contributed by atoms with Gasteiger partial charge in [-0.2, -0.15) is 0 Å². The van der Waals surface area contributed by atoms with Gasteiger partial charge in [0.1, 0.15) is 5.58 Å². The number of fused-ring (bicyclic) bond motifs is 9. The van der Waals surface area contributed by atoms with Crippen molar-refractivity contribution in [2.24, 2.45) is 0 Å². The fourth-order valence-corrected chi connectivity index (χ4v) is 9.08. The first-order valence-electron chi connectivity index (χ1n) is 19.1. The van der Waals surface area contributed by atoms with Crippen LogP contribution in [0.3, 0.4) is 0 Å². The van der Waals surface area contributed by atoms with Gasteiger partial charge in [0, 0.05) is 32.9 Å². The molecule has 0 saturated heterocycles. The lowest BCUT2D eigenvalue weighted by molar-refractivity contribution is 0.660. The summed E-state index contributed by atoms with van der Waals surface area (Å²) in [5, 5.41) is 6.89. The molecule has 1 heterocycles. The minimum absolute atomic E-state index is 0.148. The topological polar surface area (TPSA) is 16.4 Å². The van der Waals surface area contributed by atoms with Gasteiger partial charge < -0.3 is 9.32 Å². The van der Waals surface area contributed by atoms with E-state index in [0.29, 0.717) is 0 Å². The van der Waals surface area contributed by atoms with E-state index in [0.717, 1.165) is 55.5 Å². The van der Waals surface area contributed by atoms with Gasteiger partial charge in [0.15, 0.2) is 5.58 Å². The van der Waals surface area contributed by atoms with Gasteiger partial charge in [-0.3, -0.25) is 0 Å². The molecule has 1 aromatic heterocycles. The van der Waals surface area contributed by atoms with Crippen molar-refractivity contribution in [3.8, 4) is 33.4 Å². The summed E-state index contributed by atoms with van der Waals surface area (Å²) in [7, 11) is 0. The van der Waals surface area contributed by atoms with Crippen LogP contribution in [0.1, 0.15) is 25.0 Å². The molecule has 0 N–H and O–H groups in total. The average Bonchev–Trinajstić information content (AvgIpc) is 3.73. The molecule has 2 nitrogen and oxygen atoms in total. The molecule has 1 aliphatic rings. The fourth-order valence-electron chi connectivity index (χ4n) is 9.08. The van der Waals surface area contributed by atoms with Crippen LogP contribution >= 0.6 is 0 Å². The maximum atomic E-state index is 7.23. The number of benzene rings is 9. The second kappa shape index (κ2) is 12.1. The predicted molar refractivity (Wildman–Crippen MR) is 232 cm³/mol. The lowest BCUT2D eigenvalue weighted by Crippen LogP contribution is -2.16. The van der Waals surface area contributed by atoms with Crippen LogP contribution in [0.25, 0.3) is 76.9 Å². The molecule has 0 amide bonds. The summed E-state index contributed by atoms with van der Waals surface area (Å²) in [5.41, 5.74) is 14.8. The van der Waals surface area contributed by atoms with Crippen LogP contribution in [0.15, 0.2) is 192 Å². The normalized spacial score (nSPS) is 13.1. The monoisotopic (exact) mass is 703 g/mol. The molecule has 1 aliphatic carbocycles. The molecule has 0 aliphatic heterocycles. The Hall–Kier alpha value is -6.90. The van der Waals surface area contributed by atoms with Crippen molar-refractivity contribution in [1.82, 2.24) is 0 Å². The van der Waals surface area contributed by atoms with Crippen LogP contribution in [-0.4, -0.2) is 0 Å². The highest BCUT2D eigenvalue weighted by atomic mass is 16.3. The van der Waals surface area contributed by atoms with Crippen molar-refractivity contribution >= 4 is 60.5 Å². The van der Waals surface area contributed by atoms with Crippen molar-refractivity contribution in [2.45, 2.75) is 19.3 Å². The molecule has 11 rings (SSSR count). The second-order valence-electron chi connectivity index (χ2n) is 15.3. The third kappa shape index (κ3) is 4.88. The molecule has 2 heteroatoms. The van der Waals surface area contributed by atoms with Crippen LogP contribution in [0.5, 0.6) is 0 Å². The summed E-state index contributed by atoms with van der Waals surface area (Å²) in [4.78, 5) is 2.42. The Balaban J connectivity index is 1.25. The summed E-state index contributed by atoms with van der Waals surface area (Å²) in [6.07, 6.45) is 0. The molecule has 0 radical (unpaired) electrons. The van der Waals surface area contributed by atoms with E-state index < -0.39 is 0 Å². The molecular weight excluding hydrogens is 667 g/mol. The number of hydrogen-bond acceptors (Lipinski definition) is 2. The fraction of sp³-hybridized carbons (Fsp3) is 0.0566. The van der Waals surface area contributed by atoms with E-state index in [1.54, 1.807) is 0 Å². The number of furan rings is 1. The first-order chi connectivity index (χ1) is 27.0. The Labute approximate surface area is 320 Å². The van der Waals surface area contributed by atoms with Crippen LogP contribution in [0, 0.1) is 0 Å². The van der Waals surface area contributed by atoms with Crippen LogP contribution in [-0.2, 0) is 5.41 Å². The quantitative estimate of drug-likeness (QED) is 0.177. The third-order valence-electron chi connectivity index (χ3n) is 11.8. The molecule has 0 saturated carbocycles. The molecule has 0 atom stereocenters. The van der Waals surface area contributed by atoms with Gasteiger partial charge >= 0.3 is 0 Å². The van der Waals surface area contributed by atoms with Crippen molar-refractivity contribution in [2.75, 3.05) is 4.90 Å². The summed E-state index contributed by atoms with van der Waals surface area (Å²) >= 11 is 0. The minimum Gasteiger partial charge on any atom is -0.453 e. The number of hydrogen-bond donors (Lipinski definition) is 0. The van der Waals surface area contributed by atoms with Crippen molar-refractivity contribution in [1.29, 1.82) is 0 Å². The zero-order valence-corrected chi connectivity index (χ0v) is 30.8. The largest absolute Gasteiger partial charge is 0.453 e. The SMILES string of the molecule is CC1(C)c2ccccc2-c2ccc(N(c3ccc4ccccc4c3)c3cc(-c4ccccc4)cc4c3oc3c5ccccc5c(-c5ccccc5)cc43)cc21. The summed E-state index contributed by atoms with van der Waals surface area (Å²) in [6.45, 7) is 4.70. The van der Waals surface area contributed by atoms with Crippen molar-refractivity contribution in [3.63, 3.8) is 0 Å². The number of anilines is 3. The van der Waals surface area contributed by atoms with E-state index in [2.05, 4.69) is 207 Å². The molecule has 0 unspecified atom stereocenters. The van der Waals surface area contributed by atoms with Gasteiger partial charge in [0.05, 0.1) is 5.69 Å². The van der Waals surface area contributed by atoms with E-state index >= 15 is 0 Å². The molecule has 260 valence electrons. The van der Waals surface area contributed by atoms with E-state index in [4.69, 9.17) is 4.42 Å². The predicted octanol–water partition coefficient (Wildman–Crippen LogP) is 15.0. The standard InChI is InChI=1S/C53H37NO/c1-53(2)48-24-14-13-22-42(48)43-28-27-40(32-49(43)53)54(39-26-25-35-17-9-10-20-37(35)29-39)50-31-38(34-15-5-3-6-16-34)30-46-47-33-45(36-18-7-4-8-19-36)41-21-11-12-23-44(41)51(47)55-52(46)50/h3-33H,1-2H3. The zero-order valence-electron chi connectivity index (χ0n) is 30.8. The Morgan fingerprint density at radius 1 is 0.382 bits per heavy atom. The van der Waals surface area contributed by atoms with Gasteiger partial charge in [-0.1, -0.05) is 159 Å². The lowest BCUT2D eigenvalue weighted by Gasteiger charge is -2.29. The summed E-state index contributed by atoms with van der Waals surface area (Å²) in [5.74, 6) is 0. The highest BCUT2D eigenvalue weighted by Crippen LogP contribution is 2.52. The van der Waals surface area contributed by atoms with Gasteiger partial charge in [-0.25, -0.2) is 0 Å². The number of nitrogens with zero attached hydrogens (tertiary/aromatic N) is 1. The Kier molecular flexibility index (Phi) is 6.93. The smallest absolute Gasteiger partial charge is 0.159 e.